The van der Waals surface area contributed by atoms with Crippen LogP contribution in [0.3, 0.4) is 0 Å². The zero-order valence-corrected chi connectivity index (χ0v) is 13.4. The van der Waals surface area contributed by atoms with E-state index in [1.54, 1.807) is 0 Å². The number of hydrogen-bond donors (Lipinski definition) is 2. The van der Waals surface area contributed by atoms with E-state index in [-0.39, 0.29) is 18.7 Å². The SMILES string of the molecule is O=C(NC1CC2CCC(C1)S2)N1CCSCC1CCO. The third-order valence-electron chi connectivity index (χ3n) is 4.57. The number of nitrogens with one attached hydrogen (secondary N) is 1. The van der Waals surface area contributed by atoms with Gasteiger partial charge in [0.2, 0.25) is 0 Å². The first-order chi connectivity index (χ1) is 9.76. The van der Waals surface area contributed by atoms with Gasteiger partial charge >= 0.3 is 6.03 Å². The maximum absolute atomic E-state index is 12.5. The quantitative estimate of drug-likeness (QED) is 0.835. The molecule has 0 aromatic heterocycles. The van der Waals surface area contributed by atoms with Crippen molar-refractivity contribution in [2.75, 3.05) is 24.7 Å². The minimum Gasteiger partial charge on any atom is -0.396 e. The average molecular weight is 316 g/mol. The first kappa shape index (κ1) is 14.9. The highest BCUT2D eigenvalue weighted by Gasteiger charge is 2.36. The van der Waals surface area contributed by atoms with Crippen LogP contribution in [0.15, 0.2) is 0 Å². The minimum absolute atomic E-state index is 0.0973. The number of aliphatic hydroxyl groups is 1. The van der Waals surface area contributed by atoms with Crippen molar-refractivity contribution in [2.45, 2.75) is 54.7 Å². The van der Waals surface area contributed by atoms with Crippen LogP contribution < -0.4 is 5.32 Å². The molecule has 20 heavy (non-hydrogen) atoms. The Labute approximate surface area is 129 Å². The molecule has 0 radical (unpaired) electrons. The summed E-state index contributed by atoms with van der Waals surface area (Å²) >= 11 is 4.01. The molecular weight excluding hydrogens is 292 g/mol. The summed E-state index contributed by atoms with van der Waals surface area (Å²) in [6.45, 7) is 0.981. The molecule has 6 heteroatoms. The van der Waals surface area contributed by atoms with Crippen molar-refractivity contribution in [3.63, 3.8) is 0 Å². The Bertz CT molecular complexity index is 342. The highest BCUT2D eigenvalue weighted by molar-refractivity contribution is 8.00. The van der Waals surface area contributed by atoms with Gasteiger partial charge in [-0.1, -0.05) is 0 Å². The van der Waals surface area contributed by atoms with Gasteiger partial charge in [-0.25, -0.2) is 4.79 Å². The Balaban J connectivity index is 1.54. The van der Waals surface area contributed by atoms with E-state index in [4.69, 9.17) is 5.11 Å². The number of thioether (sulfide) groups is 2. The first-order valence-electron chi connectivity index (χ1n) is 7.67. The number of fused-ring (bicyclic) bond motifs is 2. The van der Waals surface area contributed by atoms with E-state index < -0.39 is 0 Å². The van der Waals surface area contributed by atoms with E-state index in [1.165, 1.54) is 12.8 Å². The molecule has 3 unspecified atom stereocenters. The van der Waals surface area contributed by atoms with E-state index in [0.717, 1.165) is 41.4 Å². The molecule has 0 aliphatic carbocycles. The highest BCUT2D eigenvalue weighted by Crippen LogP contribution is 2.43. The molecule has 114 valence electrons. The van der Waals surface area contributed by atoms with Crippen LogP contribution in [0.25, 0.3) is 0 Å². The number of aliphatic hydroxyl groups excluding tert-OH is 1. The van der Waals surface area contributed by atoms with Gasteiger partial charge in [0.05, 0.1) is 0 Å². The fourth-order valence-electron chi connectivity index (χ4n) is 3.54. The second kappa shape index (κ2) is 6.79. The van der Waals surface area contributed by atoms with Gasteiger partial charge in [-0.05, 0) is 32.1 Å². The molecule has 4 nitrogen and oxygen atoms in total. The minimum atomic E-state index is 0.0973. The molecule has 3 fully saturated rings. The van der Waals surface area contributed by atoms with Gasteiger partial charge in [0, 0.05) is 47.2 Å². The predicted octanol–water partition coefficient (Wildman–Crippen LogP) is 1.92. The van der Waals surface area contributed by atoms with Crippen LogP contribution in [0, 0.1) is 0 Å². The Kier molecular flexibility index (Phi) is 5.04. The number of nitrogens with zero attached hydrogens (tertiary/aromatic N) is 1. The van der Waals surface area contributed by atoms with Crippen molar-refractivity contribution in [3.8, 4) is 0 Å². The zero-order valence-electron chi connectivity index (χ0n) is 11.8. The molecule has 3 aliphatic rings. The monoisotopic (exact) mass is 316 g/mol. The summed E-state index contributed by atoms with van der Waals surface area (Å²) in [4.78, 5) is 14.5. The molecule has 0 spiro atoms. The van der Waals surface area contributed by atoms with Gasteiger partial charge < -0.3 is 15.3 Å². The lowest BCUT2D eigenvalue weighted by atomic mass is 10.1. The van der Waals surface area contributed by atoms with Crippen molar-refractivity contribution in [1.29, 1.82) is 0 Å². The smallest absolute Gasteiger partial charge is 0.317 e. The summed E-state index contributed by atoms with van der Waals surface area (Å²) in [5.74, 6) is 1.97. The Hall–Kier alpha value is -0.0700. The summed E-state index contributed by atoms with van der Waals surface area (Å²) in [5, 5.41) is 13.9. The third kappa shape index (κ3) is 3.39. The Morgan fingerprint density at radius 1 is 1.30 bits per heavy atom. The lowest BCUT2D eigenvalue weighted by molar-refractivity contribution is 0.162. The van der Waals surface area contributed by atoms with Gasteiger partial charge in [-0.2, -0.15) is 23.5 Å². The van der Waals surface area contributed by atoms with Crippen LogP contribution in [0.2, 0.25) is 0 Å². The second-order valence-corrected chi connectivity index (χ2v) is 8.77. The largest absolute Gasteiger partial charge is 0.396 e. The second-order valence-electron chi connectivity index (χ2n) is 6.01. The Morgan fingerprint density at radius 3 is 2.75 bits per heavy atom. The van der Waals surface area contributed by atoms with Crippen molar-refractivity contribution >= 4 is 29.6 Å². The maximum atomic E-state index is 12.5. The molecule has 2 amide bonds. The molecule has 3 aliphatic heterocycles. The molecule has 3 heterocycles. The van der Waals surface area contributed by atoms with Crippen LogP contribution in [-0.2, 0) is 0 Å². The summed E-state index contributed by atoms with van der Waals surface area (Å²) in [7, 11) is 0. The van der Waals surface area contributed by atoms with Crippen LogP contribution in [0.5, 0.6) is 0 Å². The van der Waals surface area contributed by atoms with E-state index in [9.17, 15) is 4.79 Å². The normalized spacial score (nSPS) is 37.0. The van der Waals surface area contributed by atoms with Gasteiger partial charge in [-0.15, -0.1) is 0 Å². The van der Waals surface area contributed by atoms with Crippen molar-refractivity contribution in [2.24, 2.45) is 0 Å². The van der Waals surface area contributed by atoms with Gasteiger partial charge in [-0.3, -0.25) is 0 Å². The van der Waals surface area contributed by atoms with E-state index in [1.807, 2.05) is 16.7 Å². The van der Waals surface area contributed by atoms with E-state index in [2.05, 4.69) is 17.1 Å². The number of amides is 2. The van der Waals surface area contributed by atoms with Crippen LogP contribution in [-0.4, -0.2) is 63.3 Å². The molecule has 3 saturated heterocycles. The standard InChI is InChI=1S/C14H24N2O2S2/c17-5-3-11-9-19-6-4-16(11)14(18)15-10-7-12-1-2-13(8-10)20-12/h10-13,17H,1-9H2,(H,15,18). The number of carbonyl (C=O) groups excluding carboxylic acids is 1. The fraction of sp³-hybridized carbons (Fsp3) is 0.929. The molecule has 2 bridgehead atoms. The number of urea groups is 1. The van der Waals surface area contributed by atoms with Gasteiger partial charge in [0.1, 0.15) is 0 Å². The molecule has 0 aromatic rings. The number of carbonyl (C=O) groups is 1. The molecule has 2 N–H and O–H groups in total. The first-order valence-corrected chi connectivity index (χ1v) is 9.77. The summed E-state index contributed by atoms with van der Waals surface area (Å²) in [6.07, 6.45) is 5.64. The number of rotatable bonds is 3. The molecule has 0 saturated carbocycles. The van der Waals surface area contributed by atoms with Crippen molar-refractivity contribution in [3.05, 3.63) is 0 Å². The summed E-state index contributed by atoms with van der Waals surface area (Å²) < 4.78 is 0. The summed E-state index contributed by atoms with van der Waals surface area (Å²) in [5.41, 5.74) is 0. The highest BCUT2D eigenvalue weighted by atomic mass is 32.2. The van der Waals surface area contributed by atoms with Crippen molar-refractivity contribution < 1.29 is 9.90 Å². The summed E-state index contributed by atoms with van der Waals surface area (Å²) in [6, 6.07) is 0.666. The molecule has 3 atom stereocenters. The molecule has 0 aromatic carbocycles. The van der Waals surface area contributed by atoms with Crippen LogP contribution in [0.4, 0.5) is 4.79 Å². The maximum Gasteiger partial charge on any atom is 0.317 e. The predicted molar refractivity (Wildman–Crippen MR) is 85.5 cm³/mol. The van der Waals surface area contributed by atoms with Crippen LogP contribution in [0.1, 0.15) is 32.1 Å². The van der Waals surface area contributed by atoms with Crippen molar-refractivity contribution in [1.82, 2.24) is 10.2 Å². The number of hydrogen-bond acceptors (Lipinski definition) is 4. The molecular formula is C14H24N2O2S2. The lowest BCUT2D eigenvalue weighted by Gasteiger charge is -2.37. The Morgan fingerprint density at radius 2 is 2.05 bits per heavy atom. The zero-order chi connectivity index (χ0) is 13.9. The lowest BCUT2D eigenvalue weighted by Crippen LogP contribution is -2.53. The molecule has 3 rings (SSSR count). The van der Waals surface area contributed by atoms with Gasteiger partial charge in [0.25, 0.3) is 0 Å². The van der Waals surface area contributed by atoms with E-state index >= 15 is 0 Å². The van der Waals surface area contributed by atoms with Crippen LogP contribution >= 0.6 is 23.5 Å². The topological polar surface area (TPSA) is 52.6 Å². The third-order valence-corrected chi connectivity index (χ3v) is 7.29. The fourth-order valence-corrected chi connectivity index (χ4v) is 6.43. The van der Waals surface area contributed by atoms with E-state index in [0.29, 0.717) is 12.5 Å². The average Bonchev–Trinajstić information content (AvgIpc) is 2.79. The van der Waals surface area contributed by atoms with Gasteiger partial charge in [0.15, 0.2) is 0 Å².